The summed E-state index contributed by atoms with van der Waals surface area (Å²) < 4.78 is 1.16. The third-order valence-electron chi connectivity index (χ3n) is 7.91. The number of hydrogen-bond acceptors (Lipinski definition) is 7. The number of aromatic nitrogens is 2. The van der Waals surface area contributed by atoms with Gasteiger partial charge in [-0.15, -0.1) is 22.7 Å². The molecule has 33 heavy (non-hydrogen) atoms. The highest BCUT2D eigenvalue weighted by Crippen LogP contribution is 2.44. The predicted molar refractivity (Wildman–Crippen MR) is 136 cm³/mol. The Morgan fingerprint density at radius 3 is 2.88 bits per heavy atom. The first-order valence-corrected chi connectivity index (χ1v) is 14.1. The van der Waals surface area contributed by atoms with Gasteiger partial charge in [0, 0.05) is 40.4 Å². The van der Waals surface area contributed by atoms with E-state index in [2.05, 4.69) is 22.5 Å². The van der Waals surface area contributed by atoms with Crippen molar-refractivity contribution in [2.24, 2.45) is 17.8 Å². The summed E-state index contributed by atoms with van der Waals surface area (Å²) in [4.78, 5) is 24.9. The summed E-state index contributed by atoms with van der Waals surface area (Å²) in [5.74, 6) is 3.01. The summed E-state index contributed by atoms with van der Waals surface area (Å²) in [6.45, 7) is 5.64. The van der Waals surface area contributed by atoms with E-state index >= 15 is 0 Å². The van der Waals surface area contributed by atoms with Gasteiger partial charge in [0.1, 0.15) is 16.3 Å². The average Bonchev–Trinajstić information content (AvgIpc) is 3.55. The van der Waals surface area contributed by atoms with Gasteiger partial charge in [0.2, 0.25) is 0 Å². The van der Waals surface area contributed by atoms with E-state index in [0.29, 0.717) is 24.7 Å². The minimum atomic E-state index is 0.341. The van der Waals surface area contributed by atoms with Crippen molar-refractivity contribution in [3.8, 4) is 10.6 Å². The molecule has 2 fully saturated rings. The predicted octanol–water partition coefficient (Wildman–Crippen LogP) is 5.15. The standard InChI is InChI=1S/C26H32N4OS2/c1-15-25-20(5-8-29-15)24(26-30-21-14-27-7-6-22(21)33-26)23(32-25)11-19(31)4-2-3-16-9-17-12-28-13-18(17)10-16/h6-7,14-18,28-29H,2-5,8-13H2,1H3/t15-,16?,17-,18+/m1/s1. The van der Waals surface area contributed by atoms with Gasteiger partial charge >= 0.3 is 0 Å². The smallest absolute Gasteiger partial charge is 0.138 e. The number of thiazole rings is 1. The Kier molecular flexibility index (Phi) is 6.07. The number of carbonyl (C=O) groups excluding carboxylic acids is 1. The molecule has 5 nitrogen and oxygen atoms in total. The lowest BCUT2D eigenvalue weighted by molar-refractivity contribution is -0.118. The average molecular weight is 481 g/mol. The Bertz CT molecular complexity index is 1120. The van der Waals surface area contributed by atoms with Crippen LogP contribution in [-0.4, -0.2) is 35.4 Å². The third kappa shape index (κ3) is 4.29. The van der Waals surface area contributed by atoms with Gasteiger partial charge in [0.25, 0.3) is 0 Å². The van der Waals surface area contributed by atoms with Crippen LogP contribution in [0.1, 0.15) is 60.4 Å². The second kappa shape index (κ2) is 9.17. The quantitative estimate of drug-likeness (QED) is 0.489. The first-order valence-electron chi connectivity index (χ1n) is 12.5. The summed E-state index contributed by atoms with van der Waals surface area (Å²) in [6.07, 6.45) is 10.9. The lowest BCUT2D eigenvalue weighted by Crippen LogP contribution is -2.26. The van der Waals surface area contributed by atoms with E-state index in [1.807, 2.05) is 29.8 Å². The van der Waals surface area contributed by atoms with E-state index in [-0.39, 0.29) is 0 Å². The van der Waals surface area contributed by atoms with Crippen LogP contribution in [0, 0.1) is 17.8 Å². The molecular formula is C26H32N4OS2. The molecule has 7 heteroatoms. The summed E-state index contributed by atoms with van der Waals surface area (Å²) >= 11 is 3.57. The molecule has 0 amide bonds. The highest BCUT2D eigenvalue weighted by atomic mass is 32.1. The molecule has 3 aliphatic rings. The van der Waals surface area contributed by atoms with E-state index in [1.54, 1.807) is 11.3 Å². The largest absolute Gasteiger partial charge is 0.316 e. The lowest BCUT2D eigenvalue weighted by Gasteiger charge is -2.20. The molecule has 0 spiro atoms. The van der Waals surface area contributed by atoms with Crippen molar-refractivity contribution in [3.63, 3.8) is 0 Å². The normalized spacial score (nSPS) is 26.6. The Balaban J connectivity index is 1.18. The maximum absolute atomic E-state index is 13.1. The van der Waals surface area contributed by atoms with Gasteiger partial charge in [0.15, 0.2) is 0 Å². The molecule has 4 atom stereocenters. The van der Waals surface area contributed by atoms with Crippen molar-refractivity contribution < 1.29 is 4.79 Å². The number of thiophene rings is 1. The summed E-state index contributed by atoms with van der Waals surface area (Å²) in [7, 11) is 0. The molecule has 3 aromatic heterocycles. The van der Waals surface area contributed by atoms with Crippen LogP contribution in [0.5, 0.6) is 0 Å². The molecule has 1 aliphatic carbocycles. The topological polar surface area (TPSA) is 66.9 Å². The number of ketones is 1. The van der Waals surface area contributed by atoms with Gasteiger partial charge in [0.05, 0.1) is 10.9 Å². The molecule has 3 aromatic rings. The van der Waals surface area contributed by atoms with E-state index in [0.717, 1.165) is 52.4 Å². The maximum atomic E-state index is 13.1. The number of Topliss-reactive ketones (excluding diaryl/α,β-unsaturated/α-hetero) is 1. The SMILES string of the molecule is C[C@H]1NCCc2c1sc(CC(=O)CCCC1C[C@H]3CNC[C@H]3C1)c2-c1nc2cnccc2s1. The van der Waals surface area contributed by atoms with Crippen LogP contribution in [-0.2, 0) is 17.6 Å². The van der Waals surface area contributed by atoms with E-state index in [4.69, 9.17) is 4.98 Å². The number of carbonyl (C=O) groups is 1. The van der Waals surface area contributed by atoms with Crippen LogP contribution in [0.3, 0.4) is 0 Å². The highest BCUT2D eigenvalue weighted by molar-refractivity contribution is 7.22. The van der Waals surface area contributed by atoms with Gasteiger partial charge < -0.3 is 10.6 Å². The van der Waals surface area contributed by atoms with Gasteiger partial charge in [-0.05, 0) is 81.6 Å². The zero-order valence-electron chi connectivity index (χ0n) is 19.2. The van der Waals surface area contributed by atoms with E-state index in [9.17, 15) is 4.79 Å². The molecule has 5 heterocycles. The van der Waals surface area contributed by atoms with Gasteiger partial charge in [-0.25, -0.2) is 4.98 Å². The summed E-state index contributed by atoms with van der Waals surface area (Å²) in [6, 6.07) is 2.38. The fraction of sp³-hybridized carbons (Fsp3) is 0.577. The highest BCUT2D eigenvalue weighted by Gasteiger charge is 2.36. The van der Waals surface area contributed by atoms with Gasteiger partial charge in [-0.1, -0.05) is 6.42 Å². The van der Waals surface area contributed by atoms with Crippen LogP contribution in [0.25, 0.3) is 20.8 Å². The van der Waals surface area contributed by atoms with Crippen molar-refractivity contribution in [2.75, 3.05) is 19.6 Å². The van der Waals surface area contributed by atoms with Crippen molar-refractivity contribution in [2.45, 2.75) is 57.9 Å². The van der Waals surface area contributed by atoms with Gasteiger partial charge in [-0.2, -0.15) is 0 Å². The van der Waals surface area contributed by atoms with Crippen LogP contribution in [0.2, 0.25) is 0 Å². The molecule has 2 aliphatic heterocycles. The molecule has 0 bridgehead atoms. The second-order valence-electron chi connectivity index (χ2n) is 10.2. The van der Waals surface area contributed by atoms with Crippen molar-refractivity contribution in [1.82, 2.24) is 20.6 Å². The van der Waals surface area contributed by atoms with Crippen LogP contribution < -0.4 is 10.6 Å². The number of nitrogens with one attached hydrogen (secondary N) is 2. The molecule has 1 saturated carbocycles. The fourth-order valence-corrected chi connectivity index (χ4v) is 8.79. The number of hydrogen-bond donors (Lipinski definition) is 2. The number of fused-ring (bicyclic) bond motifs is 3. The van der Waals surface area contributed by atoms with Crippen molar-refractivity contribution in [3.05, 3.63) is 33.8 Å². The Labute approximate surface area is 203 Å². The minimum Gasteiger partial charge on any atom is -0.316 e. The lowest BCUT2D eigenvalue weighted by atomic mass is 9.95. The Hall–Kier alpha value is -1.67. The monoisotopic (exact) mass is 480 g/mol. The molecule has 6 rings (SSSR count). The zero-order chi connectivity index (χ0) is 22.4. The minimum absolute atomic E-state index is 0.341. The van der Waals surface area contributed by atoms with E-state index < -0.39 is 0 Å². The van der Waals surface area contributed by atoms with Crippen LogP contribution >= 0.6 is 22.7 Å². The summed E-state index contributed by atoms with van der Waals surface area (Å²) in [5.41, 5.74) is 3.61. The molecule has 0 radical (unpaired) electrons. The van der Waals surface area contributed by atoms with Crippen molar-refractivity contribution >= 4 is 38.7 Å². The summed E-state index contributed by atoms with van der Waals surface area (Å²) in [5, 5.41) is 8.17. The maximum Gasteiger partial charge on any atom is 0.138 e. The molecule has 1 unspecified atom stereocenters. The molecule has 174 valence electrons. The van der Waals surface area contributed by atoms with Gasteiger partial charge in [-0.3, -0.25) is 9.78 Å². The first kappa shape index (κ1) is 21.8. The number of pyridine rings is 1. The molecule has 2 N–H and O–H groups in total. The molecular weight excluding hydrogens is 448 g/mol. The number of nitrogens with zero attached hydrogens (tertiary/aromatic N) is 2. The Morgan fingerprint density at radius 1 is 1.21 bits per heavy atom. The number of rotatable bonds is 7. The van der Waals surface area contributed by atoms with Crippen LogP contribution in [0.15, 0.2) is 18.5 Å². The van der Waals surface area contributed by atoms with Crippen molar-refractivity contribution in [1.29, 1.82) is 0 Å². The first-order chi connectivity index (χ1) is 16.2. The fourth-order valence-electron chi connectivity index (χ4n) is 6.28. The molecule has 0 aromatic carbocycles. The van der Waals surface area contributed by atoms with E-state index in [1.165, 1.54) is 53.2 Å². The Morgan fingerprint density at radius 2 is 2.06 bits per heavy atom. The third-order valence-corrected chi connectivity index (χ3v) is 10.4. The zero-order valence-corrected chi connectivity index (χ0v) is 20.9. The van der Waals surface area contributed by atoms with Crippen LogP contribution in [0.4, 0.5) is 0 Å². The second-order valence-corrected chi connectivity index (χ2v) is 12.3. The molecule has 1 saturated heterocycles.